The van der Waals surface area contributed by atoms with Crippen LogP contribution in [0, 0.1) is 5.92 Å². The number of rotatable bonds is 8. The van der Waals surface area contributed by atoms with Crippen molar-refractivity contribution in [2.45, 2.75) is 26.8 Å². The molecule has 0 aromatic heterocycles. The minimum atomic E-state index is -0.214. The number of anilines is 1. The minimum absolute atomic E-state index is 0.0531. The van der Waals surface area contributed by atoms with Gasteiger partial charge in [-0.1, -0.05) is 41.9 Å². The van der Waals surface area contributed by atoms with E-state index in [0.717, 1.165) is 10.0 Å². The third kappa shape index (κ3) is 7.15. The Morgan fingerprint density at radius 2 is 1.71 bits per heavy atom. The lowest BCUT2D eigenvalue weighted by molar-refractivity contribution is -0.121. The molecule has 0 unspecified atom stereocenters. The van der Waals surface area contributed by atoms with Gasteiger partial charge in [-0.2, -0.15) is 0 Å². The van der Waals surface area contributed by atoms with Gasteiger partial charge in [-0.15, -0.1) is 0 Å². The van der Waals surface area contributed by atoms with Gasteiger partial charge in [0.05, 0.1) is 0 Å². The van der Waals surface area contributed by atoms with Crippen LogP contribution in [-0.4, -0.2) is 24.3 Å². The predicted octanol–water partition coefficient (Wildman–Crippen LogP) is 3.48. The summed E-state index contributed by atoms with van der Waals surface area (Å²) in [5.41, 5.74) is 2.13. The molecule has 148 valence electrons. The van der Waals surface area contributed by atoms with Gasteiger partial charge in [0.25, 0.3) is 5.91 Å². The van der Waals surface area contributed by atoms with Crippen molar-refractivity contribution in [1.29, 1.82) is 0 Å². The summed E-state index contributed by atoms with van der Waals surface area (Å²) < 4.78 is 0.899. The first-order valence-corrected chi connectivity index (χ1v) is 9.84. The first-order chi connectivity index (χ1) is 13.3. The monoisotopic (exact) mass is 445 g/mol. The molecule has 0 fully saturated rings. The molecule has 3 amide bonds. The van der Waals surface area contributed by atoms with Gasteiger partial charge in [-0.25, -0.2) is 0 Å². The third-order valence-electron chi connectivity index (χ3n) is 3.95. The van der Waals surface area contributed by atoms with Crippen LogP contribution in [0.3, 0.4) is 0 Å². The van der Waals surface area contributed by atoms with Crippen LogP contribution in [0.2, 0.25) is 0 Å². The van der Waals surface area contributed by atoms with Gasteiger partial charge in [-0.05, 0) is 42.0 Å². The Kier molecular flexibility index (Phi) is 8.19. The van der Waals surface area contributed by atoms with Crippen molar-refractivity contribution in [2.75, 3.05) is 11.9 Å². The normalized spacial score (nSPS) is 10.4. The second kappa shape index (κ2) is 10.6. The van der Waals surface area contributed by atoms with Crippen molar-refractivity contribution in [2.24, 2.45) is 5.92 Å². The number of nitrogens with one attached hydrogen (secondary N) is 3. The molecule has 0 aliphatic carbocycles. The molecule has 2 aromatic rings. The lowest BCUT2D eigenvalue weighted by atomic mass is 10.1. The van der Waals surface area contributed by atoms with Gasteiger partial charge in [-0.3, -0.25) is 14.4 Å². The number of halogens is 1. The standard InChI is InChI=1S/C21H24BrN3O3/c1-14(2)20(27)25-18-5-3-4-15(12-18)13-24-19(26)10-11-23-21(28)16-6-8-17(22)9-7-16/h3-9,12,14H,10-11,13H2,1-2H3,(H,23,28)(H,24,26)(H,25,27). The highest BCUT2D eigenvalue weighted by molar-refractivity contribution is 9.10. The highest BCUT2D eigenvalue weighted by Crippen LogP contribution is 2.12. The Morgan fingerprint density at radius 3 is 2.39 bits per heavy atom. The third-order valence-corrected chi connectivity index (χ3v) is 4.48. The smallest absolute Gasteiger partial charge is 0.251 e. The number of benzene rings is 2. The lowest BCUT2D eigenvalue weighted by Crippen LogP contribution is -2.30. The molecule has 0 heterocycles. The van der Waals surface area contributed by atoms with Crippen LogP contribution in [-0.2, 0) is 16.1 Å². The van der Waals surface area contributed by atoms with Crippen LogP contribution in [0.1, 0.15) is 36.2 Å². The molecule has 0 saturated carbocycles. The summed E-state index contributed by atoms with van der Waals surface area (Å²) in [6.07, 6.45) is 0.187. The molecule has 0 aliphatic rings. The Bertz CT molecular complexity index is 835. The molecule has 2 rings (SSSR count). The van der Waals surface area contributed by atoms with Gasteiger partial charge >= 0.3 is 0 Å². The maximum atomic E-state index is 12.0. The molecule has 3 N–H and O–H groups in total. The average molecular weight is 446 g/mol. The van der Waals surface area contributed by atoms with Crippen LogP contribution in [0.15, 0.2) is 53.0 Å². The number of carbonyl (C=O) groups excluding carboxylic acids is 3. The number of carbonyl (C=O) groups is 3. The fraction of sp³-hybridized carbons (Fsp3) is 0.286. The van der Waals surface area contributed by atoms with Crippen molar-refractivity contribution >= 4 is 39.3 Å². The van der Waals surface area contributed by atoms with E-state index < -0.39 is 0 Å². The molecule has 28 heavy (non-hydrogen) atoms. The first kappa shape index (κ1) is 21.6. The van der Waals surface area contributed by atoms with E-state index in [4.69, 9.17) is 0 Å². The Hall–Kier alpha value is -2.67. The van der Waals surface area contributed by atoms with E-state index >= 15 is 0 Å². The molecular formula is C21H24BrN3O3. The zero-order valence-corrected chi connectivity index (χ0v) is 17.5. The molecule has 0 atom stereocenters. The van der Waals surface area contributed by atoms with Gasteiger partial charge in [0.1, 0.15) is 0 Å². The zero-order chi connectivity index (χ0) is 20.5. The highest BCUT2D eigenvalue weighted by Gasteiger charge is 2.09. The fourth-order valence-electron chi connectivity index (χ4n) is 2.33. The van der Waals surface area contributed by atoms with Crippen molar-refractivity contribution in [1.82, 2.24) is 10.6 Å². The lowest BCUT2D eigenvalue weighted by Gasteiger charge is -2.10. The van der Waals surface area contributed by atoms with E-state index in [2.05, 4.69) is 31.9 Å². The molecule has 2 aromatic carbocycles. The van der Waals surface area contributed by atoms with E-state index in [1.807, 2.05) is 38.1 Å². The van der Waals surface area contributed by atoms with E-state index in [9.17, 15) is 14.4 Å². The van der Waals surface area contributed by atoms with Crippen molar-refractivity contribution in [3.63, 3.8) is 0 Å². The maximum Gasteiger partial charge on any atom is 0.251 e. The second-order valence-corrected chi connectivity index (χ2v) is 7.55. The summed E-state index contributed by atoms with van der Waals surface area (Å²) >= 11 is 3.32. The summed E-state index contributed by atoms with van der Waals surface area (Å²) in [6, 6.07) is 14.4. The highest BCUT2D eigenvalue weighted by atomic mass is 79.9. The van der Waals surface area contributed by atoms with Gasteiger partial charge < -0.3 is 16.0 Å². The summed E-state index contributed by atoms with van der Waals surface area (Å²) in [5, 5.41) is 8.37. The van der Waals surface area contributed by atoms with Crippen molar-refractivity contribution < 1.29 is 14.4 Å². The number of hydrogen-bond donors (Lipinski definition) is 3. The fourth-order valence-corrected chi connectivity index (χ4v) is 2.59. The molecule has 7 heteroatoms. The predicted molar refractivity (Wildman–Crippen MR) is 113 cm³/mol. The quantitative estimate of drug-likeness (QED) is 0.580. The van der Waals surface area contributed by atoms with Crippen LogP contribution >= 0.6 is 15.9 Å². The van der Waals surface area contributed by atoms with Gasteiger partial charge in [0.15, 0.2) is 0 Å². The molecular weight excluding hydrogens is 422 g/mol. The van der Waals surface area contributed by atoms with E-state index in [1.165, 1.54) is 0 Å². The summed E-state index contributed by atoms with van der Waals surface area (Å²) in [4.78, 5) is 35.8. The van der Waals surface area contributed by atoms with Crippen LogP contribution in [0.4, 0.5) is 5.69 Å². The van der Waals surface area contributed by atoms with Crippen LogP contribution < -0.4 is 16.0 Å². The molecule has 0 saturated heterocycles. The minimum Gasteiger partial charge on any atom is -0.352 e. The van der Waals surface area contributed by atoms with Gasteiger partial charge in [0, 0.05) is 41.2 Å². The van der Waals surface area contributed by atoms with E-state index in [-0.39, 0.29) is 36.6 Å². The van der Waals surface area contributed by atoms with E-state index in [0.29, 0.717) is 17.8 Å². The van der Waals surface area contributed by atoms with Crippen molar-refractivity contribution in [3.8, 4) is 0 Å². The molecule has 0 spiro atoms. The molecule has 0 aliphatic heterocycles. The van der Waals surface area contributed by atoms with E-state index in [1.54, 1.807) is 24.3 Å². The number of hydrogen-bond acceptors (Lipinski definition) is 3. The molecule has 0 radical (unpaired) electrons. The first-order valence-electron chi connectivity index (χ1n) is 9.05. The van der Waals surface area contributed by atoms with Crippen LogP contribution in [0.5, 0.6) is 0 Å². The Labute approximate surface area is 173 Å². The SMILES string of the molecule is CC(C)C(=O)Nc1cccc(CNC(=O)CCNC(=O)c2ccc(Br)cc2)c1. The van der Waals surface area contributed by atoms with Crippen molar-refractivity contribution in [3.05, 3.63) is 64.1 Å². The largest absolute Gasteiger partial charge is 0.352 e. The maximum absolute atomic E-state index is 12.0. The average Bonchev–Trinajstić information content (AvgIpc) is 2.67. The molecule has 6 nitrogen and oxygen atoms in total. The number of amides is 3. The van der Waals surface area contributed by atoms with Crippen LogP contribution in [0.25, 0.3) is 0 Å². The zero-order valence-electron chi connectivity index (χ0n) is 15.9. The summed E-state index contributed by atoms with van der Waals surface area (Å²) in [6.45, 7) is 4.26. The second-order valence-electron chi connectivity index (χ2n) is 6.63. The summed E-state index contributed by atoms with van der Waals surface area (Å²) in [7, 11) is 0. The Morgan fingerprint density at radius 1 is 1.00 bits per heavy atom. The van der Waals surface area contributed by atoms with Gasteiger partial charge in [0.2, 0.25) is 11.8 Å². The topological polar surface area (TPSA) is 87.3 Å². The Balaban J connectivity index is 1.74. The summed E-state index contributed by atoms with van der Waals surface area (Å²) in [5.74, 6) is -0.527. The molecule has 0 bridgehead atoms.